The number of nitrogens with zero attached hydrogens (tertiary/aromatic N) is 1. The second kappa shape index (κ2) is 6.92. The maximum Gasteiger partial charge on any atom is 0.573 e. The molecule has 0 saturated heterocycles. The minimum atomic E-state index is -4.70. The maximum atomic E-state index is 12.6. The van der Waals surface area contributed by atoms with Gasteiger partial charge in [0.1, 0.15) is 5.75 Å². The number of alkyl halides is 3. The third kappa shape index (κ3) is 3.53. The average Bonchev–Trinajstić information content (AvgIpc) is 3.10. The van der Waals surface area contributed by atoms with Crippen LogP contribution in [0, 0.1) is 5.92 Å². The first-order valence-corrected chi connectivity index (χ1v) is 9.40. The van der Waals surface area contributed by atoms with Crippen LogP contribution in [0.4, 0.5) is 24.5 Å². The van der Waals surface area contributed by atoms with E-state index in [1.807, 2.05) is 37.2 Å². The topological polar surface area (TPSA) is 24.5 Å². The quantitative estimate of drug-likeness (QED) is 0.618. The Morgan fingerprint density at radius 2 is 1.89 bits per heavy atom. The lowest BCUT2D eigenvalue weighted by Gasteiger charge is -2.38. The van der Waals surface area contributed by atoms with E-state index in [1.54, 1.807) is 6.07 Å². The standard InChI is InChI=1S/C21H20ClF3N2O/c1-27(2)12-6-8-16(18(22)10-12)20-15-5-3-4-14(15)17-11-13(28-21(23,24)25)7-9-19(17)26-20/h3-4,6-11,14-15,20,26H,5H2,1-2H3. The van der Waals surface area contributed by atoms with Gasteiger partial charge < -0.3 is 15.0 Å². The van der Waals surface area contributed by atoms with Crippen LogP contribution in [-0.2, 0) is 0 Å². The van der Waals surface area contributed by atoms with E-state index < -0.39 is 6.36 Å². The van der Waals surface area contributed by atoms with Gasteiger partial charge in [0, 0.05) is 36.4 Å². The molecule has 1 heterocycles. The Hall–Kier alpha value is -2.34. The van der Waals surface area contributed by atoms with E-state index in [0.717, 1.165) is 28.9 Å². The number of halogens is 4. The minimum absolute atomic E-state index is 0.0163. The number of ether oxygens (including phenoxy) is 1. The fourth-order valence-electron chi connectivity index (χ4n) is 4.12. The van der Waals surface area contributed by atoms with Crippen LogP contribution in [0.2, 0.25) is 5.02 Å². The third-order valence-electron chi connectivity index (χ3n) is 5.40. The molecule has 1 aliphatic carbocycles. The number of anilines is 2. The van der Waals surface area contributed by atoms with Crippen LogP contribution in [0.5, 0.6) is 5.75 Å². The molecule has 2 aromatic carbocycles. The molecule has 3 nitrogen and oxygen atoms in total. The maximum absolute atomic E-state index is 12.6. The van der Waals surface area contributed by atoms with Crippen LogP contribution < -0.4 is 15.0 Å². The number of fused-ring (bicyclic) bond motifs is 3. The summed E-state index contributed by atoms with van der Waals surface area (Å²) in [6.45, 7) is 0. The monoisotopic (exact) mass is 408 g/mol. The second-order valence-corrected chi connectivity index (χ2v) is 7.78. The van der Waals surface area contributed by atoms with Crippen molar-refractivity contribution in [2.45, 2.75) is 24.7 Å². The smallest absolute Gasteiger partial charge is 0.406 e. The Bertz CT molecular complexity index is 926. The summed E-state index contributed by atoms with van der Waals surface area (Å²) in [6.07, 6.45) is 0.276. The first-order valence-electron chi connectivity index (χ1n) is 9.02. The lowest BCUT2D eigenvalue weighted by Crippen LogP contribution is -2.29. The normalized spacial score (nSPS) is 23.0. The van der Waals surface area contributed by atoms with Gasteiger partial charge >= 0.3 is 6.36 Å². The highest BCUT2D eigenvalue weighted by atomic mass is 35.5. The van der Waals surface area contributed by atoms with Crippen molar-refractivity contribution < 1.29 is 17.9 Å². The zero-order valence-electron chi connectivity index (χ0n) is 15.4. The van der Waals surface area contributed by atoms with Gasteiger partial charge in [-0.3, -0.25) is 0 Å². The van der Waals surface area contributed by atoms with Crippen LogP contribution in [0.25, 0.3) is 0 Å². The van der Waals surface area contributed by atoms with Gasteiger partial charge in [0.05, 0.1) is 6.04 Å². The number of nitrogens with one attached hydrogen (secondary N) is 1. The van der Waals surface area contributed by atoms with Gasteiger partial charge in [-0.05, 0) is 53.8 Å². The summed E-state index contributed by atoms with van der Waals surface area (Å²) >= 11 is 6.59. The Balaban J connectivity index is 1.70. The summed E-state index contributed by atoms with van der Waals surface area (Å²) in [5.41, 5.74) is 3.63. The molecule has 4 rings (SSSR count). The molecule has 0 saturated carbocycles. The fraction of sp³-hybridized carbons (Fsp3) is 0.333. The number of hydrogen-bond donors (Lipinski definition) is 1. The summed E-state index contributed by atoms with van der Waals surface area (Å²) < 4.78 is 41.9. The average molecular weight is 409 g/mol. The van der Waals surface area contributed by atoms with Gasteiger partial charge in [-0.15, -0.1) is 13.2 Å². The third-order valence-corrected chi connectivity index (χ3v) is 5.73. The molecule has 0 amide bonds. The van der Waals surface area contributed by atoms with Gasteiger partial charge in [-0.25, -0.2) is 0 Å². The van der Waals surface area contributed by atoms with Crippen LogP contribution in [-0.4, -0.2) is 20.5 Å². The summed E-state index contributed by atoms with van der Waals surface area (Å²) in [4.78, 5) is 1.99. The van der Waals surface area contributed by atoms with E-state index in [9.17, 15) is 13.2 Å². The zero-order valence-corrected chi connectivity index (χ0v) is 16.2. The summed E-state index contributed by atoms with van der Waals surface area (Å²) in [5.74, 6) is -0.00196. The number of benzene rings is 2. The van der Waals surface area contributed by atoms with Crippen molar-refractivity contribution in [3.63, 3.8) is 0 Å². The van der Waals surface area contributed by atoms with Crippen LogP contribution in [0.1, 0.15) is 29.5 Å². The van der Waals surface area contributed by atoms with Crippen molar-refractivity contribution in [1.29, 1.82) is 0 Å². The van der Waals surface area contributed by atoms with Crippen LogP contribution in [0.15, 0.2) is 48.6 Å². The summed E-state index contributed by atoms with van der Waals surface area (Å²) in [6, 6.07) is 10.4. The Labute approximate surface area is 166 Å². The molecule has 0 fully saturated rings. The molecule has 0 bridgehead atoms. The van der Waals surface area contributed by atoms with E-state index in [0.29, 0.717) is 5.02 Å². The van der Waals surface area contributed by atoms with Gasteiger partial charge in [0.2, 0.25) is 0 Å². The first-order chi connectivity index (χ1) is 13.2. The Morgan fingerprint density at radius 3 is 2.57 bits per heavy atom. The molecule has 7 heteroatoms. The molecule has 148 valence electrons. The summed E-state index contributed by atoms with van der Waals surface area (Å²) in [7, 11) is 3.91. The van der Waals surface area contributed by atoms with Crippen LogP contribution in [0.3, 0.4) is 0 Å². The number of allylic oxidation sites excluding steroid dienone is 2. The zero-order chi connectivity index (χ0) is 20.1. The molecule has 2 aromatic rings. The van der Waals surface area contributed by atoms with Crippen LogP contribution >= 0.6 is 11.6 Å². The Morgan fingerprint density at radius 1 is 1.11 bits per heavy atom. The number of rotatable bonds is 3. The molecule has 1 aliphatic heterocycles. The molecule has 0 spiro atoms. The highest BCUT2D eigenvalue weighted by Crippen LogP contribution is 2.51. The SMILES string of the molecule is CN(C)c1ccc(C2Nc3ccc(OC(F)(F)F)cc3C3C=CCC32)c(Cl)c1. The van der Waals surface area contributed by atoms with E-state index in [4.69, 9.17) is 11.6 Å². The molecule has 0 radical (unpaired) electrons. The van der Waals surface area contributed by atoms with Crippen molar-refractivity contribution in [3.8, 4) is 5.75 Å². The number of hydrogen-bond acceptors (Lipinski definition) is 3. The van der Waals surface area contributed by atoms with Crippen molar-refractivity contribution in [1.82, 2.24) is 0 Å². The highest BCUT2D eigenvalue weighted by Gasteiger charge is 2.39. The van der Waals surface area contributed by atoms with Gasteiger partial charge in [0.25, 0.3) is 0 Å². The molecule has 1 N–H and O–H groups in total. The molecule has 3 unspecified atom stereocenters. The lowest BCUT2D eigenvalue weighted by molar-refractivity contribution is -0.274. The minimum Gasteiger partial charge on any atom is -0.406 e. The summed E-state index contributed by atoms with van der Waals surface area (Å²) in [5, 5.41) is 4.17. The first kappa shape index (κ1) is 19.0. The van der Waals surface area contributed by atoms with Crippen molar-refractivity contribution in [2.24, 2.45) is 5.92 Å². The Kier molecular flexibility index (Phi) is 4.70. The van der Waals surface area contributed by atoms with Crippen molar-refractivity contribution in [2.75, 3.05) is 24.3 Å². The van der Waals surface area contributed by atoms with Gasteiger partial charge in [0.15, 0.2) is 0 Å². The molecular formula is C21H20ClF3N2O. The van der Waals surface area contributed by atoms with Gasteiger partial charge in [-0.2, -0.15) is 0 Å². The highest BCUT2D eigenvalue weighted by molar-refractivity contribution is 6.31. The molecule has 28 heavy (non-hydrogen) atoms. The van der Waals surface area contributed by atoms with E-state index in [-0.39, 0.29) is 23.6 Å². The molecule has 0 aromatic heterocycles. The molecular weight excluding hydrogens is 389 g/mol. The molecule has 3 atom stereocenters. The van der Waals surface area contributed by atoms with E-state index >= 15 is 0 Å². The lowest BCUT2D eigenvalue weighted by atomic mass is 9.77. The van der Waals surface area contributed by atoms with E-state index in [2.05, 4.69) is 22.2 Å². The predicted octanol–water partition coefficient (Wildman–Crippen LogP) is 6.13. The largest absolute Gasteiger partial charge is 0.573 e. The fourth-order valence-corrected chi connectivity index (χ4v) is 4.42. The van der Waals surface area contributed by atoms with Gasteiger partial charge in [-0.1, -0.05) is 29.8 Å². The second-order valence-electron chi connectivity index (χ2n) is 7.37. The molecule has 2 aliphatic rings. The van der Waals surface area contributed by atoms with E-state index in [1.165, 1.54) is 12.1 Å². The predicted molar refractivity (Wildman–Crippen MR) is 105 cm³/mol. The van der Waals surface area contributed by atoms with Crippen molar-refractivity contribution in [3.05, 3.63) is 64.7 Å². The van der Waals surface area contributed by atoms with Crippen molar-refractivity contribution >= 4 is 23.0 Å².